The molecule has 0 aromatic carbocycles. The molecule has 6 N–H and O–H groups in total. The fourth-order valence-electron chi connectivity index (χ4n) is 3.13. The van der Waals surface area contributed by atoms with Crippen molar-refractivity contribution in [3.63, 3.8) is 0 Å². The van der Waals surface area contributed by atoms with E-state index in [4.69, 9.17) is 26.2 Å². The fraction of sp³-hybridized carbons (Fsp3) is 0.500. The van der Waals surface area contributed by atoms with Crippen LogP contribution in [0.3, 0.4) is 0 Å². The minimum Gasteiger partial charge on any atom is -0.479 e. The van der Waals surface area contributed by atoms with Gasteiger partial charge in [0.25, 0.3) is 0 Å². The number of carbonyl (C=O) groups excluding carboxylic acids is 1. The monoisotopic (exact) mass is 367 g/mol. The van der Waals surface area contributed by atoms with E-state index in [0.29, 0.717) is 24.3 Å². The standard InChI is InChI=1S/C12H15N3O.C4H6O6/c13-6-9-4-8-5-12(8)15(9)11-2-1-3-14-10(11)7-16;5-1(3(7)8)2(6)4(9)10/h1-3,7-9,12H,4-6,13H2;1-2,5-6H,(H,7,8)(H,9,10). The molecule has 0 amide bonds. The molecular formula is C16H21N3O7. The SMILES string of the molecule is NCC1CC2CC2N1c1cccnc1C=O.O=C(O)C(O)C(O)C(=O)O. The van der Waals surface area contributed by atoms with E-state index >= 15 is 0 Å². The molecule has 1 aromatic heterocycles. The number of aromatic nitrogens is 1. The summed E-state index contributed by atoms with van der Waals surface area (Å²) in [6, 6.07) is 4.83. The molecule has 5 unspecified atom stereocenters. The Bertz CT molecular complexity index is 666. The van der Waals surface area contributed by atoms with E-state index < -0.39 is 24.1 Å². The Hall–Kier alpha value is -2.56. The summed E-state index contributed by atoms with van der Waals surface area (Å²) in [4.78, 5) is 36.9. The Labute approximate surface area is 148 Å². The van der Waals surface area contributed by atoms with Crippen LogP contribution in [0.25, 0.3) is 0 Å². The number of anilines is 1. The van der Waals surface area contributed by atoms with Crippen LogP contribution in [0.5, 0.6) is 0 Å². The first-order valence-corrected chi connectivity index (χ1v) is 8.02. The van der Waals surface area contributed by atoms with Gasteiger partial charge in [-0.1, -0.05) is 0 Å². The molecule has 10 heteroatoms. The summed E-state index contributed by atoms with van der Waals surface area (Å²) in [5.41, 5.74) is 7.28. The van der Waals surface area contributed by atoms with Crippen molar-refractivity contribution in [2.24, 2.45) is 11.7 Å². The lowest BCUT2D eigenvalue weighted by atomic mass is 10.1. The summed E-state index contributed by atoms with van der Waals surface area (Å²) >= 11 is 0. The van der Waals surface area contributed by atoms with Crippen LogP contribution >= 0.6 is 0 Å². The maximum absolute atomic E-state index is 11.0. The van der Waals surface area contributed by atoms with Crippen LogP contribution in [0.2, 0.25) is 0 Å². The summed E-state index contributed by atoms with van der Waals surface area (Å²) in [5.74, 6) is -2.75. The fourth-order valence-corrected chi connectivity index (χ4v) is 3.13. The molecule has 1 saturated carbocycles. The summed E-state index contributed by atoms with van der Waals surface area (Å²) in [7, 11) is 0. The van der Waals surface area contributed by atoms with Crippen molar-refractivity contribution in [2.75, 3.05) is 11.4 Å². The summed E-state index contributed by atoms with van der Waals surface area (Å²) < 4.78 is 0. The number of nitrogens with zero attached hydrogens (tertiary/aromatic N) is 2. The third kappa shape index (κ3) is 4.15. The Kier molecular flexibility index (Phi) is 6.24. The van der Waals surface area contributed by atoms with Crippen molar-refractivity contribution >= 4 is 23.9 Å². The number of aliphatic hydroxyl groups excluding tert-OH is 2. The van der Waals surface area contributed by atoms with Crippen molar-refractivity contribution in [1.29, 1.82) is 0 Å². The first-order chi connectivity index (χ1) is 12.3. The number of rotatable bonds is 6. The smallest absolute Gasteiger partial charge is 0.335 e. The van der Waals surface area contributed by atoms with E-state index in [0.717, 1.165) is 24.3 Å². The zero-order valence-electron chi connectivity index (χ0n) is 13.8. The first kappa shape index (κ1) is 19.8. The van der Waals surface area contributed by atoms with Crippen LogP contribution in [-0.4, -0.2) is 74.5 Å². The van der Waals surface area contributed by atoms with E-state index in [1.165, 1.54) is 6.42 Å². The van der Waals surface area contributed by atoms with Gasteiger partial charge in [-0.3, -0.25) is 9.78 Å². The van der Waals surface area contributed by atoms with Gasteiger partial charge in [-0.15, -0.1) is 0 Å². The van der Waals surface area contributed by atoms with Crippen molar-refractivity contribution in [3.05, 3.63) is 24.0 Å². The predicted molar refractivity (Wildman–Crippen MR) is 88.7 cm³/mol. The van der Waals surface area contributed by atoms with Gasteiger partial charge >= 0.3 is 11.9 Å². The Morgan fingerprint density at radius 1 is 1.27 bits per heavy atom. The molecule has 3 rings (SSSR count). The van der Waals surface area contributed by atoms with Gasteiger partial charge in [0.15, 0.2) is 18.5 Å². The third-order valence-corrected chi connectivity index (χ3v) is 4.49. The van der Waals surface area contributed by atoms with Crippen molar-refractivity contribution in [2.45, 2.75) is 37.1 Å². The van der Waals surface area contributed by atoms with Gasteiger partial charge in [0.2, 0.25) is 0 Å². The van der Waals surface area contributed by atoms with Gasteiger partial charge in [-0.05, 0) is 30.9 Å². The van der Waals surface area contributed by atoms with Crippen LogP contribution < -0.4 is 10.6 Å². The quantitative estimate of drug-likeness (QED) is 0.380. The molecule has 2 fully saturated rings. The van der Waals surface area contributed by atoms with E-state index in [1.54, 1.807) is 6.20 Å². The number of piperidine rings is 1. The number of hydrogen-bond acceptors (Lipinski definition) is 8. The van der Waals surface area contributed by atoms with E-state index in [-0.39, 0.29) is 0 Å². The second-order valence-electron chi connectivity index (χ2n) is 6.19. The zero-order valence-corrected chi connectivity index (χ0v) is 13.8. The highest BCUT2D eigenvalue weighted by Crippen LogP contribution is 2.49. The van der Waals surface area contributed by atoms with Gasteiger partial charge in [0, 0.05) is 24.8 Å². The Morgan fingerprint density at radius 2 is 1.88 bits per heavy atom. The molecule has 0 radical (unpaired) electrons. The number of nitrogens with two attached hydrogens (primary N) is 1. The number of aldehydes is 1. The molecule has 26 heavy (non-hydrogen) atoms. The normalized spacial score (nSPS) is 25.3. The van der Waals surface area contributed by atoms with E-state index in [9.17, 15) is 14.4 Å². The van der Waals surface area contributed by atoms with Gasteiger partial charge < -0.3 is 31.1 Å². The lowest BCUT2D eigenvalue weighted by Crippen LogP contribution is -2.39. The van der Waals surface area contributed by atoms with Gasteiger partial charge in [0.05, 0.1) is 5.69 Å². The number of carboxylic acids is 2. The molecule has 1 aliphatic heterocycles. The van der Waals surface area contributed by atoms with Crippen molar-refractivity contribution in [1.82, 2.24) is 4.98 Å². The second kappa shape index (κ2) is 8.21. The van der Waals surface area contributed by atoms with Crippen LogP contribution in [-0.2, 0) is 9.59 Å². The number of fused-ring (bicyclic) bond motifs is 1. The molecule has 1 saturated heterocycles. The average Bonchev–Trinajstić information content (AvgIpc) is 3.30. The van der Waals surface area contributed by atoms with E-state index in [2.05, 4.69) is 9.88 Å². The second-order valence-corrected chi connectivity index (χ2v) is 6.19. The topological polar surface area (TPSA) is 174 Å². The lowest BCUT2D eigenvalue weighted by Gasteiger charge is -2.29. The van der Waals surface area contributed by atoms with Gasteiger partial charge in [-0.2, -0.15) is 0 Å². The number of aliphatic hydroxyl groups is 2. The summed E-state index contributed by atoms with van der Waals surface area (Å²) in [6.07, 6.45) is 0.358. The molecule has 1 aromatic rings. The summed E-state index contributed by atoms with van der Waals surface area (Å²) in [6.45, 7) is 0.653. The highest BCUT2D eigenvalue weighted by molar-refractivity contribution is 5.83. The average molecular weight is 367 g/mol. The number of hydrogen-bond donors (Lipinski definition) is 5. The van der Waals surface area contributed by atoms with Crippen LogP contribution in [0.15, 0.2) is 18.3 Å². The molecule has 2 aliphatic rings. The zero-order chi connectivity index (χ0) is 19.4. The predicted octanol–water partition coefficient (Wildman–Crippen LogP) is -1.30. The number of carbonyl (C=O) groups is 3. The molecule has 1 aliphatic carbocycles. The molecule has 5 atom stereocenters. The molecule has 0 bridgehead atoms. The van der Waals surface area contributed by atoms with E-state index in [1.807, 2.05) is 12.1 Å². The maximum Gasteiger partial charge on any atom is 0.335 e. The first-order valence-electron chi connectivity index (χ1n) is 8.02. The lowest BCUT2D eigenvalue weighted by molar-refractivity contribution is -0.165. The maximum atomic E-state index is 11.0. The van der Waals surface area contributed by atoms with Crippen molar-refractivity contribution in [3.8, 4) is 0 Å². The number of pyridine rings is 1. The Morgan fingerprint density at radius 3 is 2.38 bits per heavy atom. The summed E-state index contributed by atoms with van der Waals surface area (Å²) in [5, 5.41) is 32.5. The third-order valence-electron chi connectivity index (χ3n) is 4.49. The molecular weight excluding hydrogens is 346 g/mol. The highest BCUT2D eigenvalue weighted by atomic mass is 16.4. The molecule has 142 valence electrons. The van der Waals surface area contributed by atoms with Crippen LogP contribution in [0.1, 0.15) is 23.3 Å². The van der Waals surface area contributed by atoms with Crippen molar-refractivity contribution < 1.29 is 34.8 Å². The van der Waals surface area contributed by atoms with Gasteiger partial charge in [-0.25, -0.2) is 9.59 Å². The minimum absolute atomic E-state index is 0.381. The number of aliphatic carboxylic acids is 2. The molecule has 0 spiro atoms. The van der Waals surface area contributed by atoms with Crippen LogP contribution in [0, 0.1) is 5.92 Å². The largest absolute Gasteiger partial charge is 0.479 e. The molecule has 10 nitrogen and oxygen atoms in total. The molecule has 2 heterocycles. The minimum atomic E-state index is -2.27. The highest BCUT2D eigenvalue weighted by Gasteiger charge is 2.51. The van der Waals surface area contributed by atoms with Crippen LogP contribution in [0.4, 0.5) is 5.69 Å². The Balaban J connectivity index is 0.000000213. The van der Waals surface area contributed by atoms with Gasteiger partial charge in [0.1, 0.15) is 5.69 Å². The number of carboxylic acid groups (broad SMARTS) is 2.